The number of hydrogen-bond donors (Lipinski definition) is 2. The number of carbonyl (C=O) groups is 1. The monoisotopic (exact) mass is 337 g/mol. The Morgan fingerprint density at radius 2 is 1.84 bits per heavy atom. The fraction of sp³-hybridized carbons (Fsp3) is 0.0526. The number of aromatic nitrogens is 1. The van der Waals surface area contributed by atoms with Gasteiger partial charge in [0.15, 0.2) is 0 Å². The molecule has 3 aromatic rings. The summed E-state index contributed by atoms with van der Waals surface area (Å²) in [5.74, 6) is 0.524. The van der Waals surface area contributed by atoms with E-state index in [9.17, 15) is 9.18 Å². The molecule has 0 aliphatic rings. The van der Waals surface area contributed by atoms with Crippen LogP contribution in [-0.4, -0.2) is 18.0 Å². The van der Waals surface area contributed by atoms with E-state index in [2.05, 4.69) is 15.6 Å². The summed E-state index contributed by atoms with van der Waals surface area (Å²) in [5, 5.41) is 5.76. The first-order valence-corrected chi connectivity index (χ1v) is 7.58. The van der Waals surface area contributed by atoms with E-state index in [1.54, 1.807) is 61.8 Å². The van der Waals surface area contributed by atoms with Crippen LogP contribution in [0.5, 0.6) is 5.75 Å². The molecule has 5 nitrogen and oxygen atoms in total. The average molecular weight is 337 g/mol. The summed E-state index contributed by atoms with van der Waals surface area (Å²) in [6.45, 7) is 0. The third-order valence-electron chi connectivity index (χ3n) is 3.47. The molecule has 126 valence electrons. The summed E-state index contributed by atoms with van der Waals surface area (Å²) in [6, 6.07) is 16.3. The quantitative estimate of drug-likeness (QED) is 0.731. The zero-order valence-electron chi connectivity index (χ0n) is 13.5. The van der Waals surface area contributed by atoms with Gasteiger partial charge in [0.1, 0.15) is 17.4 Å². The van der Waals surface area contributed by atoms with Crippen LogP contribution in [0, 0.1) is 5.82 Å². The molecular weight excluding hydrogens is 321 g/mol. The first-order chi connectivity index (χ1) is 12.1. The molecule has 0 atom stereocenters. The van der Waals surface area contributed by atoms with Gasteiger partial charge in [0.05, 0.1) is 19.0 Å². The summed E-state index contributed by atoms with van der Waals surface area (Å²) in [5.41, 5.74) is 1.81. The number of benzene rings is 2. The average Bonchev–Trinajstić information content (AvgIpc) is 2.63. The van der Waals surface area contributed by atoms with Crippen LogP contribution in [0.4, 0.5) is 21.6 Å². The number of ether oxygens (including phenoxy) is 1. The summed E-state index contributed by atoms with van der Waals surface area (Å²) in [4.78, 5) is 16.4. The van der Waals surface area contributed by atoms with Gasteiger partial charge in [-0.05, 0) is 54.6 Å². The maximum absolute atomic E-state index is 13.2. The van der Waals surface area contributed by atoms with Gasteiger partial charge in [-0.1, -0.05) is 6.07 Å². The van der Waals surface area contributed by atoms with Crippen molar-refractivity contribution in [2.24, 2.45) is 0 Å². The molecule has 0 saturated carbocycles. The highest BCUT2D eigenvalue weighted by Gasteiger charge is 2.07. The number of rotatable bonds is 5. The van der Waals surface area contributed by atoms with Gasteiger partial charge in [-0.3, -0.25) is 4.79 Å². The van der Waals surface area contributed by atoms with Gasteiger partial charge in [0, 0.05) is 11.3 Å². The largest absolute Gasteiger partial charge is 0.497 e. The molecule has 0 unspecified atom stereocenters. The smallest absolute Gasteiger partial charge is 0.256 e. The highest BCUT2D eigenvalue weighted by atomic mass is 19.1. The molecule has 0 saturated heterocycles. The fourth-order valence-electron chi connectivity index (χ4n) is 2.21. The van der Waals surface area contributed by atoms with Crippen LogP contribution in [0.2, 0.25) is 0 Å². The lowest BCUT2D eigenvalue weighted by molar-refractivity contribution is 0.102. The van der Waals surface area contributed by atoms with Crippen molar-refractivity contribution in [3.63, 3.8) is 0 Å². The van der Waals surface area contributed by atoms with Gasteiger partial charge in [-0.2, -0.15) is 0 Å². The normalized spacial score (nSPS) is 10.2. The third-order valence-corrected chi connectivity index (χ3v) is 3.47. The van der Waals surface area contributed by atoms with Gasteiger partial charge in [-0.25, -0.2) is 9.37 Å². The van der Waals surface area contributed by atoms with Crippen molar-refractivity contribution in [2.45, 2.75) is 0 Å². The van der Waals surface area contributed by atoms with Gasteiger partial charge >= 0.3 is 0 Å². The van der Waals surface area contributed by atoms with Crippen LogP contribution in [-0.2, 0) is 0 Å². The second kappa shape index (κ2) is 7.44. The molecule has 0 spiro atoms. The van der Waals surface area contributed by atoms with Crippen LogP contribution >= 0.6 is 0 Å². The lowest BCUT2D eigenvalue weighted by atomic mass is 10.2. The Morgan fingerprint density at radius 1 is 1.04 bits per heavy atom. The van der Waals surface area contributed by atoms with E-state index < -0.39 is 0 Å². The first-order valence-electron chi connectivity index (χ1n) is 7.58. The van der Waals surface area contributed by atoms with Crippen LogP contribution in [0.25, 0.3) is 0 Å². The Morgan fingerprint density at radius 3 is 2.48 bits per heavy atom. The molecular formula is C19H16FN3O2. The number of nitrogens with one attached hydrogen (secondary N) is 2. The summed E-state index contributed by atoms with van der Waals surface area (Å²) < 4.78 is 18.2. The summed E-state index contributed by atoms with van der Waals surface area (Å²) >= 11 is 0. The van der Waals surface area contributed by atoms with Crippen molar-refractivity contribution in [1.29, 1.82) is 0 Å². The Hall–Kier alpha value is -3.41. The molecule has 1 heterocycles. The Balaban J connectivity index is 1.64. The molecule has 1 amide bonds. The van der Waals surface area contributed by atoms with Crippen molar-refractivity contribution in [3.8, 4) is 5.75 Å². The maximum atomic E-state index is 13.2. The molecule has 0 fully saturated rings. The lowest BCUT2D eigenvalue weighted by Crippen LogP contribution is -2.12. The minimum absolute atomic E-state index is 0.263. The van der Waals surface area contributed by atoms with E-state index in [4.69, 9.17) is 4.74 Å². The predicted octanol–water partition coefficient (Wildman–Crippen LogP) is 4.23. The molecule has 25 heavy (non-hydrogen) atoms. The van der Waals surface area contributed by atoms with Crippen molar-refractivity contribution >= 4 is 23.1 Å². The van der Waals surface area contributed by atoms with E-state index >= 15 is 0 Å². The Kier molecular flexibility index (Phi) is 4.89. The zero-order chi connectivity index (χ0) is 17.6. The standard InChI is InChI=1S/C19H16FN3O2/c1-25-17-8-5-13(6-9-17)19(24)23-18-10-7-16(12-21-18)22-15-4-2-3-14(20)11-15/h2-12,22H,1H3,(H,21,23,24). The van der Waals surface area contributed by atoms with Crippen LogP contribution in [0.1, 0.15) is 10.4 Å². The molecule has 1 aromatic heterocycles. The first kappa shape index (κ1) is 16.4. The molecule has 0 aliphatic carbocycles. The van der Waals surface area contributed by atoms with Gasteiger partial charge in [-0.15, -0.1) is 0 Å². The van der Waals surface area contributed by atoms with Crippen LogP contribution < -0.4 is 15.4 Å². The van der Waals surface area contributed by atoms with Gasteiger partial charge in [0.25, 0.3) is 5.91 Å². The number of methoxy groups -OCH3 is 1. The van der Waals surface area contributed by atoms with Crippen LogP contribution in [0.3, 0.4) is 0 Å². The number of halogens is 1. The number of hydrogen-bond acceptors (Lipinski definition) is 4. The third kappa shape index (κ3) is 4.32. The number of anilines is 3. The molecule has 2 N–H and O–H groups in total. The highest BCUT2D eigenvalue weighted by Crippen LogP contribution is 2.18. The molecule has 2 aromatic carbocycles. The van der Waals surface area contributed by atoms with Crippen molar-refractivity contribution in [1.82, 2.24) is 4.98 Å². The van der Waals surface area contributed by atoms with Crippen molar-refractivity contribution in [2.75, 3.05) is 17.7 Å². The van der Waals surface area contributed by atoms with Crippen molar-refractivity contribution < 1.29 is 13.9 Å². The SMILES string of the molecule is COc1ccc(C(=O)Nc2ccc(Nc3cccc(F)c3)cn2)cc1. The van der Waals surface area contributed by atoms with Gasteiger partial charge < -0.3 is 15.4 Å². The number of nitrogens with zero attached hydrogens (tertiary/aromatic N) is 1. The predicted molar refractivity (Wildman–Crippen MR) is 94.9 cm³/mol. The Bertz CT molecular complexity index is 865. The second-order valence-corrected chi connectivity index (χ2v) is 5.25. The minimum atomic E-state index is -0.318. The molecule has 0 radical (unpaired) electrons. The number of pyridine rings is 1. The zero-order valence-corrected chi connectivity index (χ0v) is 13.5. The molecule has 3 rings (SSSR count). The maximum Gasteiger partial charge on any atom is 0.256 e. The topological polar surface area (TPSA) is 63.2 Å². The molecule has 6 heteroatoms. The molecule has 0 bridgehead atoms. The lowest BCUT2D eigenvalue weighted by Gasteiger charge is -2.08. The van der Waals surface area contributed by atoms with E-state index in [-0.39, 0.29) is 11.7 Å². The van der Waals surface area contributed by atoms with E-state index in [1.165, 1.54) is 12.1 Å². The molecule has 0 aliphatic heterocycles. The number of amides is 1. The second-order valence-electron chi connectivity index (χ2n) is 5.25. The Labute approximate surface area is 144 Å². The van der Waals surface area contributed by atoms with Crippen LogP contribution in [0.15, 0.2) is 66.9 Å². The van der Waals surface area contributed by atoms with E-state index in [0.717, 1.165) is 0 Å². The summed E-state index contributed by atoms with van der Waals surface area (Å²) in [6.07, 6.45) is 1.56. The highest BCUT2D eigenvalue weighted by molar-refractivity contribution is 6.03. The number of carbonyl (C=O) groups excluding carboxylic acids is 1. The van der Waals surface area contributed by atoms with Crippen molar-refractivity contribution in [3.05, 3.63) is 78.2 Å². The summed E-state index contributed by atoms with van der Waals surface area (Å²) in [7, 11) is 1.57. The fourth-order valence-corrected chi connectivity index (χ4v) is 2.21. The van der Waals surface area contributed by atoms with Gasteiger partial charge in [0.2, 0.25) is 0 Å². The minimum Gasteiger partial charge on any atom is -0.497 e. The van der Waals surface area contributed by atoms with E-state index in [0.29, 0.717) is 28.5 Å². The van der Waals surface area contributed by atoms with E-state index in [1.807, 2.05) is 0 Å².